The minimum Gasteiger partial charge on any atom is -0.326 e. The fourth-order valence-electron chi connectivity index (χ4n) is 2.56. The van der Waals surface area contributed by atoms with Crippen molar-refractivity contribution in [3.05, 3.63) is 70.8 Å². The molecule has 2 rings (SSSR count). The van der Waals surface area contributed by atoms with E-state index in [1.54, 1.807) is 0 Å². The minimum atomic E-state index is -4.00. The van der Waals surface area contributed by atoms with Crippen LogP contribution in [-0.2, 0) is 14.8 Å². The number of sulfonamides is 1. The number of nitrogens with zero attached hydrogens (tertiary/aromatic N) is 2. The number of nitro groups is 1. The lowest BCUT2D eigenvalue weighted by Crippen LogP contribution is -2.32. The lowest BCUT2D eigenvalue weighted by Gasteiger charge is -2.24. The minimum absolute atomic E-state index is 0.00985. The van der Waals surface area contributed by atoms with Gasteiger partial charge in [-0.3, -0.25) is 19.2 Å². The fraction of sp³-hybridized carbons (Fsp3) is 0.167. The second-order valence-electron chi connectivity index (χ2n) is 5.71. The van der Waals surface area contributed by atoms with Crippen LogP contribution in [0.1, 0.15) is 12.5 Å². The van der Waals surface area contributed by atoms with Gasteiger partial charge < -0.3 is 5.32 Å². The number of nitro benzene ring substituents is 1. The Morgan fingerprint density at radius 1 is 1.26 bits per heavy atom. The molecule has 1 amide bonds. The van der Waals surface area contributed by atoms with Crippen molar-refractivity contribution >= 4 is 33.0 Å². The number of hydrogen-bond donors (Lipinski definition) is 1. The van der Waals surface area contributed by atoms with Crippen molar-refractivity contribution in [1.29, 1.82) is 0 Å². The number of nitrogens with one attached hydrogen (secondary N) is 1. The number of amides is 1. The fourth-order valence-corrected chi connectivity index (χ4v) is 4.06. The molecule has 0 aromatic heterocycles. The van der Waals surface area contributed by atoms with Crippen LogP contribution in [0.25, 0.3) is 0 Å². The molecule has 0 spiro atoms. The van der Waals surface area contributed by atoms with Gasteiger partial charge in [-0.05, 0) is 37.3 Å². The smallest absolute Gasteiger partial charge is 0.274 e. The highest BCUT2D eigenvalue weighted by Crippen LogP contribution is 2.32. The number of carbonyl (C=O) groups is 1. The van der Waals surface area contributed by atoms with Crippen molar-refractivity contribution in [1.82, 2.24) is 0 Å². The zero-order chi connectivity index (χ0) is 20.2. The molecule has 0 saturated carbocycles. The van der Waals surface area contributed by atoms with E-state index in [1.807, 2.05) is 0 Å². The molecule has 1 N–H and O–H groups in total. The molecule has 0 unspecified atom stereocenters. The summed E-state index contributed by atoms with van der Waals surface area (Å²) >= 11 is 0. The van der Waals surface area contributed by atoms with Crippen molar-refractivity contribution in [3.8, 4) is 0 Å². The lowest BCUT2D eigenvalue weighted by molar-refractivity contribution is -0.385. The number of anilines is 2. The molecule has 0 radical (unpaired) electrons. The first-order valence-electron chi connectivity index (χ1n) is 7.93. The van der Waals surface area contributed by atoms with E-state index < -0.39 is 14.9 Å². The van der Waals surface area contributed by atoms with Crippen LogP contribution in [0, 0.1) is 17.0 Å². The summed E-state index contributed by atoms with van der Waals surface area (Å²) in [5.74, 6) is -0.272. The largest absolute Gasteiger partial charge is 0.326 e. The van der Waals surface area contributed by atoms with E-state index >= 15 is 0 Å². The molecule has 0 heterocycles. The monoisotopic (exact) mass is 389 g/mol. The highest BCUT2D eigenvalue weighted by molar-refractivity contribution is 7.92. The van der Waals surface area contributed by atoms with E-state index in [9.17, 15) is 23.3 Å². The van der Waals surface area contributed by atoms with Crippen LogP contribution in [0.2, 0.25) is 0 Å². The van der Waals surface area contributed by atoms with Gasteiger partial charge in [-0.15, -0.1) is 6.58 Å². The first kappa shape index (κ1) is 20.1. The van der Waals surface area contributed by atoms with Crippen LogP contribution >= 0.6 is 0 Å². The van der Waals surface area contributed by atoms with Crippen molar-refractivity contribution < 1.29 is 18.1 Å². The molecule has 27 heavy (non-hydrogen) atoms. The van der Waals surface area contributed by atoms with Gasteiger partial charge in [-0.1, -0.05) is 12.1 Å². The van der Waals surface area contributed by atoms with Gasteiger partial charge in [-0.2, -0.15) is 0 Å². The van der Waals surface area contributed by atoms with Gasteiger partial charge in [0.2, 0.25) is 5.91 Å². The highest BCUT2D eigenvalue weighted by atomic mass is 32.2. The summed E-state index contributed by atoms with van der Waals surface area (Å²) in [6, 6.07) is 9.94. The number of hydrogen-bond acceptors (Lipinski definition) is 5. The van der Waals surface area contributed by atoms with Crippen LogP contribution in [0.4, 0.5) is 17.1 Å². The number of rotatable bonds is 7. The Labute approximate surface area is 157 Å². The van der Waals surface area contributed by atoms with Crippen molar-refractivity contribution in [3.63, 3.8) is 0 Å². The Balaban J connectivity index is 2.52. The van der Waals surface area contributed by atoms with Crippen molar-refractivity contribution in [2.75, 3.05) is 16.2 Å². The summed E-state index contributed by atoms with van der Waals surface area (Å²) in [6.45, 7) is 6.37. The zero-order valence-corrected chi connectivity index (χ0v) is 15.7. The topological polar surface area (TPSA) is 110 Å². The normalized spacial score (nSPS) is 10.9. The Morgan fingerprint density at radius 2 is 1.89 bits per heavy atom. The second-order valence-corrected chi connectivity index (χ2v) is 7.57. The third kappa shape index (κ3) is 4.32. The third-order valence-electron chi connectivity index (χ3n) is 3.80. The predicted octanol–water partition coefficient (Wildman–Crippen LogP) is 3.24. The summed E-state index contributed by atoms with van der Waals surface area (Å²) in [5.41, 5.74) is 0.735. The van der Waals surface area contributed by atoms with Crippen LogP contribution in [0.3, 0.4) is 0 Å². The maximum atomic E-state index is 13.1. The van der Waals surface area contributed by atoms with Crippen LogP contribution in [-0.4, -0.2) is 25.8 Å². The molecule has 0 atom stereocenters. The molecule has 0 aliphatic rings. The quantitative estimate of drug-likeness (QED) is 0.444. The summed E-state index contributed by atoms with van der Waals surface area (Å²) < 4.78 is 27.3. The molecule has 2 aromatic carbocycles. The molecule has 0 aliphatic carbocycles. The average Bonchev–Trinajstić information content (AvgIpc) is 2.60. The molecule has 0 saturated heterocycles. The Bertz CT molecular complexity index is 985. The molecule has 142 valence electrons. The Kier molecular flexibility index (Phi) is 5.96. The first-order valence-corrected chi connectivity index (χ1v) is 9.37. The molecule has 0 bridgehead atoms. The van der Waals surface area contributed by atoms with Gasteiger partial charge in [-0.25, -0.2) is 8.42 Å². The van der Waals surface area contributed by atoms with Gasteiger partial charge in [0.25, 0.3) is 15.7 Å². The second kappa shape index (κ2) is 8.00. The van der Waals surface area contributed by atoms with Crippen LogP contribution in [0.5, 0.6) is 0 Å². The summed E-state index contributed by atoms with van der Waals surface area (Å²) in [4.78, 5) is 21.7. The van der Waals surface area contributed by atoms with E-state index in [0.717, 1.165) is 4.31 Å². The summed E-state index contributed by atoms with van der Waals surface area (Å²) in [5, 5.41) is 13.7. The molecule has 0 aliphatic heterocycles. The van der Waals surface area contributed by atoms with E-state index in [-0.39, 0.29) is 34.3 Å². The molecule has 0 fully saturated rings. The van der Waals surface area contributed by atoms with Crippen LogP contribution < -0.4 is 9.62 Å². The molecule has 9 heteroatoms. The lowest BCUT2D eigenvalue weighted by atomic mass is 10.1. The van der Waals surface area contributed by atoms with Gasteiger partial charge in [0.15, 0.2) is 0 Å². The van der Waals surface area contributed by atoms with Gasteiger partial charge in [0.1, 0.15) is 0 Å². The maximum absolute atomic E-state index is 13.1. The van der Waals surface area contributed by atoms with E-state index in [2.05, 4.69) is 11.9 Å². The average molecular weight is 389 g/mol. The third-order valence-corrected chi connectivity index (χ3v) is 5.59. The molecular formula is C18H19N3O5S. The van der Waals surface area contributed by atoms with E-state index in [1.165, 1.54) is 62.4 Å². The number of benzene rings is 2. The molecule has 2 aromatic rings. The number of carbonyl (C=O) groups excluding carboxylic acids is 1. The summed E-state index contributed by atoms with van der Waals surface area (Å²) in [6.07, 6.45) is 1.40. The highest BCUT2D eigenvalue weighted by Gasteiger charge is 2.27. The van der Waals surface area contributed by atoms with Crippen molar-refractivity contribution in [2.24, 2.45) is 0 Å². The van der Waals surface area contributed by atoms with Crippen molar-refractivity contribution in [2.45, 2.75) is 18.7 Å². The van der Waals surface area contributed by atoms with Gasteiger partial charge in [0.05, 0.1) is 27.6 Å². The molecular weight excluding hydrogens is 370 g/mol. The first-order chi connectivity index (χ1) is 12.7. The summed E-state index contributed by atoms with van der Waals surface area (Å²) in [7, 11) is -4.00. The SMILES string of the molecule is C=CCN(c1cccc([N+](=O)[O-])c1C)S(=O)(=O)c1ccc(NC(C)=O)cc1. The molecule has 8 nitrogen and oxygen atoms in total. The van der Waals surface area contributed by atoms with E-state index in [4.69, 9.17) is 0 Å². The zero-order valence-electron chi connectivity index (χ0n) is 14.9. The predicted molar refractivity (Wildman–Crippen MR) is 103 cm³/mol. The van der Waals surface area contributed by atoms with Crippen LogP contribution in [0.15, 0.2) is 60.0 Å². The van der Waals surface area contributed by atoms with Gasteiger partial charge >= 0.3 is 0 Å². The Morgan fingerprint density at radius 3 is 2.41 bits per heavy atom. The van der Waals surface area contributed by atoms with E-state index in [0.29, 0.717) is 5.69 Å². The van der Waals surface area contributed by atoms with Gasteiger partial charge in [0, 0.05) is 18.7 Å². The standard InChI is InChI=1S/C18H19N3O5S/c1-4-12-20(17-6-5-7-18(13(17)2)21(23)24)27(25,26)16-10-8-15(9-11-16)19-14(3)22/h4-11H,1,12H2,2-3H3,(H,19,22). The Hall–Kier alpha value is -3.20. The maximum Gasteiger partial charge on any atom is 0.274 e.